The molecule has 5 heteroatoms. The van der Waals surface area contributed by atoms with E-state index in [2.05, 4.69) is 4.90 Å². The molecule has 1 amide bonds. The molecule has 2 aromatic carbocycles. The minimum absolute atomic E-state index is 0.0905. The van der Waals surface area contributed by atoms with E-state index >= 15 is 0 Å². The van der Waals surface area contributed by atoms with Gasteiger partial charge in [0.15, 0.2) is 5.72 Å². The van der Waals surface area contributed by atoms with E-state index in [1.807, 2.05) is 54.6 Å². The predicted molar refractivity (Wildman–Crippen MR) is 98.8 cm³/mol. The second-order valence-corrected chi connectivity index (χ2v) is 6.94. The van der Waals surface area contributed by atoms with Gasteiger partial charge in [0.2, 0.25) is 0 Å². The molecule has 1 unspecified atom stereocenters. The molecular formula is C21H24N2O3. The van der Waals surface area contributed by atoms with Gasteiger partial charge in [-0.1, -0.05) is 48.5 Å². The van der Waals surface area contributed by atoms with E-state index in [0.29, 0.717) is 24.1 Å². The van der Waals surface area contributed by atoms with E-state index < -0.39 is 5.72 Å². The van der Waals surface area contributed by atoms with Gasteiger partial charge in [-0.05, 0) is 11.6 Å². The van der Waals surface area contributed by atoms with Crippen LogP contribution in [0, 0.1) is 0 Å². The first-order valence-corrected chi connectivity index (χ1v) is 9.16. The Kier molecular flexibility index (Phi) is 4.76. The number of benzene rings is 2. The van der Waals surface area contributed by atoms with E-state index in [0.717, 1.165) is 38.4 Å². The molecule has 2 aliphatic heterocycles. The molecule has 0 radical (unpaired) electrons. The normalized spacial score (nSPS) is 23.3. The largest absolute Gasteiger partial charge is 0.379 e. The molecule has 136 valence electrons. The van der Waals surface area contributed by atoms with Gasteiger partial charge in [0.1, 0.15) is 0 Å². The molecule has 26 heavy (non-hydrogen) atoms. The first kappa shape index (κ1) is 17.2. The maximum atomic E-state index is 13.0. The second-order valence-electron chi connectivity index (χ2n) is 6.94. The Balaban J connectivity index is 1.61. The van der Waals surface area contributed by atoms with Gasteiger partial charge >= 0.3 is 0 Å². The van der Waals surface area contributed by atoms with Crippen molar-refractivity contribution in [1.29, 1.82) is 0 Å². The first-order chi connectivity index (χ1) is 12.7. The fourth-order valence-corrected chi connectivity index (χ4v) is 3.90. The van der Waals surface area contributed by atoms with Crippen LogP contribution in [-0.4, -0.2) is 60.2 Å². The molecule has 0 aliphatic carbocycles. The van der Waals surface area contributed by atoms with Crippen LogP contribution in [0.5, 0.6) is 0 Å². The molecular weight excluding hydrogens is 328 g/mol. The summed E-state index contributed by atoms with van der Waals surface area (Å²) in [5, 5.41) is 11.6. The molecule has 0 saturated carbocycles. The molecule has 1 saturated heterocycles. The Morgan fingerprint density at radius 3 is 2.42 bits per heavy atom. The lowest BCUT2D eigenvalue weighted by Crippen LogP contribution is -2.49. The van der Waals surface area contributed by atoms with E-state index in [1.54, 1.807) is 4.90 Å². The average molecular weight is 352 g/mol. The smallest absolute Gasteiger partial charge is 0.256 e. The van der Waals surface area contributed by atoms with Crippen molar-refractivity contribution in [3.63, 3.8) is 0 Å². The molecule has 1 atom stereocenters. The number of ether oxygens (including phenoxy) is 1. The summed E-state index contributed by atoms with van der Waals surface area (Å²) in [6.45, 7) is 4.42. The van der Waals surface area contributed by atoms with Crippen LogP contribution in [0.1, 0.15) is 21.5 Å². The Labute approximate surface area is 153 Å². The molecule has 5 nitrogen and oxygen atoms in total. The Morgan fingerprint density at radius 1 is 0.962 bits per heavy atom. The molecule has 2 heterocycles. The summed E-state index contributed by atoms with van der Waals surface area (Å²) >= 11 is 0. The zero-order valence-corrected chi connectivity index (χ0v) is 14.8. The van der Waals surface area contributed by atoms with Crippen LogP contribution in [-0.2, 0) is 16.9 Å². The van der Waals surface area contributed by atoms with E-state index in [4.69, 9.17) is 4.74 Å². The highest BCUT2D eigenvalue weighted by molar-refractivity contribution is 5.99. The molecule has 1 N–H and O–H groups in total. The van der Waals surface area contributed by atoms with Crippen molar-refractivity contribution in [2.75, 3.05) is 39.4 Å². The standard InChI is InChI=1S/C21H24N2O3/c24-20-18-8-4-5-9-19(18)21(25,16-17-6-2-1-3-7-17)23(20)11-10-22-12-14-26-15-13-22/h1-9,25H,10-16H2. The molecule has 2 aromatic rings. The summed E-state index contributed by atoms with van der Waals surface area (Å²) in [7, 11) is 0. The molecule has 0 spiro atoms. The number of hydrogen-bond acceptors (Lipinski definition) is 4. The quantitative estimate of drug-likeness (QED) is 0.893. The van der Waals surface area contributed by atoms with Gasteiger partial charge in [0, 0.05) is 43.7 Å². The summed E-state index contributed by atoms with van der Waals surface area (Å²) in [6.07, 6.45) is 0.389. The fraction of sp³-hybridized carbons (Fsp3) is 0.381. The number of hydrogen-bond donors (Lipinski definition) is 1. The number of aliphatic hydroxyl groups is 1. The summed E-state index contributed by atoms with van der Waals surface area (Å²) in [4.78, 5) is 16.9. The third-order valence-corrected chi connectivity index (χ3v) is 5.32. The highest BCUT2D eigenvalue weighted by Gasteiger charge is 2.48. The highest BCUT2D eigenvalue weighted by Crippen LogP contribution is 2.39. The average Bonchev–Trinajstić information content (AvgIpc) is 2.89. The number of carbonyl (C=O) groups is 1. The highest BCUT2D eigenvalue weighted by atomic mass is 16.5. The van der Waals surface area contributed by atoms with Crippen LogP contribution in [0.3, 0.4) is 0 Å². The maximum Gasteiger partial charge on any atom is 0.256 e. The third kappa shape index (κ3) is 3.14. The minimum atomic E-state index is -1.30. The topological polar surface area (TPSA) is 53.0 Å². The van der Waals surface area contributed by atoms with Crippen LogP contribution in [0.4, 0.5) is 0 Å². The lowest BCUT2D eigenvalue weighted by Gasteiger charge is -2.36. The van der Waals surface area contributed by atoms with Crippen molar-refractivity contribution in [1.82, 2.24) is 9.80 Å². The van der Waals surface area contributed by atoms with Crippen molar-refractivity contribution < 1.29 is 14.6 Å². The van der Waals surface area contributed by atoms with Gasteiger partial charge in [0.05, 0.1) is 13.2 Å². The Hall–Kier alpha value is -2.21. The Morgan fingerprint density at radius 2 is 1.65 bits per heavy atom. The van der Waals surface area contributed by atoms with Crippen molar-refractivity contribution in [2.45, 2.75) is 12.1 Å². The van der Waals surface area contributed by atoms with Crippen LogP contribution in [0.15, 0.2) is 54.6 Å². The van der Waals surface area contributed by atoms with Gasteiger partial charge in [-0.25, -0.2) is 0 Å². The summed E-state index contributed by atoms with van der Waals surface area (Å²) in [5.41, 5.74) is 1.01. The van der Waals surface area contributed by atoms with E-state index in [-0.39, 0.29) is 5.91 Å². The van der Waals surface area contributed by atoms with Gasteiger partial charge < -0.3 is 14.7 Å². The van der Waals surface area contributed by atoms with Crippen LogP contribution < -0.4 is 0 Å². The van der Waals surface area contributed by atoms with Crippen LogP contribution in [0.25, 0.3) is 0 Å². The molecule has 1 fully saturated rings. The summed E-state index contributed by atoms with van der Waals surface area (Å²) < 4.78 is 5.39. The minimum Gasteiger partial charge on any atom is -0.379 e. The number of carbonyl (C=O) groups excluding carboxylic acids is 1. The van der Waals surface area contributed by atoms with Gasteiger partial charge in [-0.3, -0.25) is 9.69 Å². The van der Waals surface area contributed by atoms with Crippen molar-refractivity contribution in [3.8, 4) is 0 Å². The van der Waals surface area contributed by atoms with E-state index in [9.17, 15) is 9.90 Å². The van der Waals surface area contributed by atoms with Crippen LogP contribution in [0.2, 0.25) is 0 Å². The van der Waals surface area contributed by atoms with Gasteiger partial charge in [-0.2, -0.15) is 0 Å². The Bertz CT molecular complexity index is 774. The van der Waals surface area contributed by atoms with Crippen molar-refractivity contribution in [3.05, 3.63) is 71.3 Å². The molecule has 2 aliphatic rings. The predicted octanol–water partition coefficient (Wildman–Crippen LogP) is 1.86. The molecule has 0 bridgehead atoms. The maximum absolute atomic E-state index is 13.0. The lowest BCUT2D eigenvalue weighted by atomic mass is 9.94. The number of nitrogens with zero attached hydrogens (tertiary/aromatic N) is 2. The summed E-state index contributed by atoms with van der Waals surface area (Å²) in [5.74, 6) is -0.0905. The van der Waals surface area contributed by atoms with Crippen molar-refractivity contribution >= 4 is 5.91 Å². The van der Waals surface area contributed by atoms with Crippen molar-refractivity contribution in [2.24, 2.45) is 0 Å². The SMILES string of the molecule is O=C1c2ccccc2C(O)(Cc2ccccc2)N1CCN1CCOCC1. The van der Waals surface area contributed by atoms with E-state index in [1.165, 1.54) is 0 Å². The molecule has 0 aromatic heterocycles. The third-order valence-electron chi connectivity index (χ3n) is 5.32. The van der Waals surface area contributed by atoms with Gasteiger partial charge in [0.25, 0.3) is 5.91 Å². The number of fused-ring (bicyclic) bond motifs is 1. The zero-order valence-electron chi connectivity index (χ0n) is 14.8. The fourth-order valence-electron chi connectivity index (χ4n) is 3.90. The van der Waals surface area contributed by atoms with Crippen LogP contribution >= 0.6 is 0 Å². The lowest BCUT2D eigenvalue weighted by molar-refractivity contribution is -0.0875. The summed E-state index contributed by atoms with van der Waals surface area (Å²) in [6, 6.07) is 17.3. The monoisotopic (exact) mass is 352 g/mol. The second kappa shape index (κ2) is 7.19. The number of morpholine rings is 1. The molecule has 4 rings (SSSR count). The zero-order chi connectivity index (χ0) is 18.0. The number of rotatable bonds is 5. The first-order valence-electron chi connectivity index (χ1n) is 9.16. The number of amides is 1. The van der Waals surface area contributed by atoms with Gasteiger partial charge in [-0.15, -0.1) is 0 Å².